The van der Waals surface area contributed by atoms with Crippen molar-refractivity contribution in [1.82, 2.24) is 0 Å². The molecule has 8 rings (SSSR count). The molecule has 55 heavy (non-hydrogen) atoms. The molecule has 7 heteroatoms. The molecule has 0 spiro atoms. The fraction of sp³-hybridized carbons (Fsp3) is 0.417. The first-order valence-corrected chi connectivity index (χ1v) is 33.3. The van der Waals surface area contributed by atoms with Crippen molar-refractivity contribution in [3.63, 3.8) is 0 Å². The number of aryl methyl sites for hydroxylation is 2. The Bertz CT molecular complexity index is 2000. The Hall–Kier alpha value is -2.17. The van der Waals surface area contributed by atoms with Crippen molar-refractivity contribution in [2.24, 2.45) is 11.8 Å². The van der Waals surface area contributed by atoms with Crippen LogP contribution < -0.4 is 0 Å². The first-order chi connectivity index (χ1) is 25.4. The van der Waals surface area contributed by atoms with E-state index in [0.717, 1.165) is 12.8 Å². The van der Waals surface area contributed by atoms with E-state index >= 15 is 0 Å². The van der Waals surface area contributed by atoms with Gasteiger partial charge in [-0.05, 0) is 0 Å². The van der Waals surface area contributed by atoms with Crippen LogP contribution in [-0.4, -0.2) is 13.1 Å². The number of allylic oxidation sites excluding steroid dienone is 2. The second kappa shape index (κ2) is 16.6. The van der Waals surface area contributed by atoms with Crippen LogP contribution in [0.1, 0.15) is 111 Å². The third kappa shape index (κ3) is 8.39. The Morgan fingerprint density at radius 3 is 1.35 bits per heavy atom. The Labute approximate surface area is 342 Å². The van der Waals surface area contributed by atoms with Crippen LogP contribution in [0.15, 0.2) is 96.1 Å². The van der Waals surface area contributed by atoms with Gasteiger partial charge in [0.2, 0.25) is 0 Å². The van der Waals surface area contributed by atoms with Gasteiger partial charge in [0.05, 0.1) is 0 Å². The predicted octanol–water partition coefficient (Wildman–Crippen LogP) is 14.9. The second-order valence-corrected chi connectivity index (χ2v) is 46.4. The van der Waals surface area contributed by atoms with Gasteiger partial charge in [0.25, 0.3) is 0 Å². The molecule has 4 aromatic rings. The largest absolute Gasteiger partial charge is 0.147 e. The standard InChI is InChI=1S/2C22H23.C3H4F3.CH3.2ClH.H2Si.Zr/c2*1-16-9-11-19(12-10-16)21-8-4-7-20-14-18(15-22(20)21)13-17-5-2-3-6-17;1-2-3(4,5)6;;;;;/h2*4,7-12,14-15,17H,2-3,5-6,13H2,1H3;1-2H2;1H3;2*1H;1H2;. The molecule has 0 heterocycles. The van der Waals surface area contributed by atoms with E-state index in [4.69, 9.17) is 0 Å². The Balaban J connectivity index is 0.00000257. The first-order valence-electron chi connectivity index (χ1n) is 20.3. The molecule has 2 fully saturated rings. The minimum Gasteiger partial charge on any atom is -0.147 e. The van der Waals surface area contributed by atoms with E-state index in [-0.39, 0.29) is 36.2 Å². The average molecular weight is 881 g/mol. The van der Waals surface area contributed by atoms with Gasteiger partial charge in [-0.25, -0.2) is 0 Å². The van der Waals surface area contributed by atoms with E-state index in [1.807, 2.05) is 0 Å². The summed E-state index contributed by atoms with van der Waals surface area (Å²) in [6.07, 6.45) is 12.1. The van der Waals surface area contributed by atoms with E-state index in [1.54, 1.807) is 0 Å². The molecule has 0 aromatic heterocycles. The van der Waals surface area contributed by atoms with E-state index in [9.17, 15) is 13.2 Å². The Kier molecular flexibility index (Phi) is 12.8. The van der Waals surface area contributed by atoms with E-state index in [2.05, 4.69) is 122 Å². The molecular weight excluding hydrogens is 824 g/mol. The minimum atomic E-state index is -4.73. The molecule has 2 atom stereocenters. The van der Waals surface area contributed by atoms with Gasteiger partial charge in [-0.2, -0.15) is 0 Å². The number of benzene rings is 4. The number of hydrogen-bond donors (Lipinski definition) is 0. The predicted molar refractivity (Wildman–Crippen MR) is 232 cm³/mol. The van der Waals surface area contributed by atoms with Crippen molar-refractivity contribution < 1.29 is 30.6 Å². The number of alkyl halides is 3. The second-order valence-electron chi connectivity index (χ2n) is 18.0. The number of halogens is 5. The third-order valence-corrected chi connectivity index (χ3v) is 36.8. The van der Waals surface area contributed by atoms with Gasteiger partial charge in [0, 0.05) is 0 Å². The van der Waals surface area contributed by atoms with Crippen molar-refractivity contribution in [2.75, 3.05) is 0 Å². The van der Waals surface area contributed by atoms with Crippen LogP contribution in [0.5, 0.6) is 0 Å². The molecule has 0 N–H and O–H groups in total. The zero-order chi connectivity index (χ0) is 37.0. The topological polar surface area (TPSA) is 0 Å². The van der Waals surface area contributed by atoms with Gasteiger partial charge >= 0.3 is 320 Å². The quantitative estimate of drug-likeness (QED) is 0.139. The minimum absolute atomic E-state index is 0. The molecule has 2 saturated carbocycles. The third-order valence-electron chi connectivity index (χ3n) is 13.9. The van der Waals surface area contributed by atoms with Crippen molar-refractivity contribution >= 4 is 43.8 Å². The summed E-state index contributed by atoms with van der Waals surface area (Å²) in [6, 6.07) is 31.1. The van der Waals surface area contributed by atoms with Gasteiger partial charge < -0.3 is 0 Å². The molecule has 4 aliphatic rings. The van der Waals surface area contributed by atoms with Crippen LogP contribution in [0, 0.1) is 25.7 Å². The van der Waals surface area contributed by atoms with Gasteiger partial charge in [-0.15, -0.1) is 24.8 Å². The maximum absolute atomic E-state index is 14.8. The summed E-state index contributed by atoms with van der Waals surface area (Å²) in [6.45, 7) is 6.39. The molecule has 0 amide bonds. The van der Waals surface area contributed by atoms with Crippen molar-refractivity contribution in [1.29, 1.82) is 0 Å². The summed E-state index contributed by atoms with van der Waals surface area (Å²) in [5.74, 6) is 1.23. The van der Waals surface area contributed by atoms with E-state index < -0.39 is 30.0 Å². The summed E-state index contributed by atoms with van der Waals surface area (Å²) in [5, 5.41) is 0. The molecule has 292 valence electrons. The summed E-state index contributed by atoms with van der Waals surface area (Å²) in [4.78, 5) is 0. The van der Waals surface area contributed by atoms with Crippen molar-refractivity contribution in [3.05, 3.63) is 129 Å². The Morgan fingerprint density at radius 1 is 0.600 bits per heavy atom. The average Bonchev–Trinajstić information content (AvgIpc) is 3.95. The number of fused-ring (bicyclic) bond motifs is 2. The zero-order valence-electron chi connectivity index (χ0n) is 32.7. The molecule has 0 radical (unpaired) electrons. The summed E-state index contributed by atoms with van der Waals surface area (Å²) < 4.78 is 47.4. The SMILES string of the molecule is Cc1ccc(-c2cccc3c2C=C(CC2CCCC2)[CH]3[Zr]([CH3])(=[SiH2])([CH2]CC(F)(F)F)[CH]2C(CC3CCCC3)=Cc3c(-c4ccc(C)cc4)cccc32)cc1.Cl.Cl. The number of hydrogen-bond acceptors (Lipinski definition) is 0. The van der Waals surface area contributed by atoms with Crippen LogP contribution in [0.3, 0.4) is 0 Å². The summed E-state index contributed by atoms with van der Waals surface area (Å²) in [7, 11) is 0. The molecule has 0 aliphatic heterocycles. The van der Waals surface area contributed by atoms with Crippen LogP contribution in [-0.2, 0) is 17.4 Å². The van der Waals surface area contributed by atoms with E-state index in [1.165, 1.54) is 118 Å². The maximum atomic E-state index is 14.8. The Morgan fingerprint density at radius 2 is 0.982 bits per heavy atom. The molecule has 0 bridgehead atoms. The molecule has 0 nitrogen and oxygen atoms in total. The monoisotopic (exact) mass is 878 g/mol. The molecule has 4 aromatic carbocycles. The van der Waals surface area contributed by atoms with Gasteiger partial charge in [0.1, 0.15) is 0 Å². The van der Waals surface area contributed by atoms with Crippen LogP contribution in [0.25, 0.3) is 34.4 Å². The fourth-order valence-corrected chi connectivity index (χ4v) is 35.0. The van der Waals surface area contributed by atoms with Gasteiger partial charge in [0.15, 0.2) is 0 Å². The number of rotatable bonds is 10. The van der Waals surface area contributed by atoms with Gasteiger partial charge in [-0.1, -0.05) is 0 Å². The van der Waals surface area contributed by atoms with Crippen molar-refractivity contribution in [3.8, 4) is 22.3 Å². The van der Waals surface area contributed by atoms with Crippen LogP contribution in [0.4, 0.5) is 13.2 Å². The molecule has 2 unspecified atom stereocenters. The fourth-order valence-electron chi connectivity index (χ4n) is 11.3. The smallest absolute Gasteiger partial charge is 0.147 e. The summed E-state index contributed by atoms with van der Waals surface area (Å²) in [5.41, 5.74) is 15.3. The van der Waals surface area contributed by atoms with Gasteiger partial charge in [-0.3, -0.25) is 0 Å². The zero-order valence-corrected chi connectivity index (χ0v) is 38.2. The van der Waals surface area contributed by atoms with Crippen LogP contribution >= 0.6 is 24.8 Å². The molecule has 4 aliphatic carbocycles. The maximum Gasteiger partial charge on any atom is -0.147 e. The normalized spacial score (nSPS) is 20.1. The first kappa shape index (κ1) is 42.4. The summed E-state index contributed by atoms with van der Waals surface area (Å²) >= 11 is -4.73. The van der Waals surface area contributed by atoms with Crippen LogP contribution in [0.2, 0.25) is 8.76 Å². The van der Waals surface area contributed by atoms with Crippen molar-refractivity contribution in [2.45, 2.75) is 107 Å². The van der Waals surface area contributed by atoms with E-state index in [0.29, 0.717) is 11.8 Å². The molecule has 0 saturated heterocycles. The molecular formula is C48H57Cl2F3SiZr.